The molecule has 2 aliphatic rings. The molecular weight excluding hydrogens is 402 g/mol. The monoisotopic (exact) mass is 431 g/mol. The van der Waals surface area contributed by atoms with Crippen molar-refractivity contribution in [3.05, 3.63) is 77.0 Å². The summed E-state index contributed by atoms with van der Waals surface area (Å²) < 4.78 is 11.8. The molecule has 1 unspecified atom stereocenters. The Bertz CT molecular complexity index is 1070. The maximum atomic E-state index is 13.4. The molecule has 2 atom stereocenters. The molecule has 0 amide bonds. The van der Waals surface area contributed by atoms with Gasteiger partial charge >= 0.3 is 5.97 Å². The number of allylic oxidation sites excluding steroid dienone is 2. The molecule has 0 saturated carbocycles. The molecule has 0 fully saturated rings. The molecule has 0 N–H and O–H groups in total. The van der Waals surface area contributed by atoms with Crippen LogP contribution in [0.2, 0.25) is 0 Å². The van der Waals surface area contributed by atoms with Crippen molar-refractivity contribution in [3.63, 3.8) is 0 Å². The van der Waals surface area contributed by atoms with Crippen LogP contribution in [0.1, 0.15) is 57.1 Å². The summed E-state index contributed by atoms with van der Waals surface area (Å²) in [6, 6.07) is 17.3. The molecular formula is C27H29NO4. The van der Waals surface area contributed by atoms with E-state index < -0.39 is 11.8 Å². The van der Waals surface area contributed by atoms with Crippen molar-refractivity contribution < 1.29 is 19.1 Å². The Morgan fingerprint density at radius 3 is 2.53 bits per heavy atom. The van der Waals surface area contributed by atoms with Crippen molar-refractivity contribution in [3.8, 4) is 5.75 Å². The van der Waals surface area contributed by atoms with Gasteiger partial charge in [-0.3, -0.25) is 14.6 Å². The molecule has 0 radical (unpaired) electrons. The number of rotatable bonds is 6. The summed E-state index contributed by atoms with van der Waals surface area (Å²) in [6.07, 6.45) is 1.97. The lowest BCUT2D eigenvalue weighted by Crippen LogP contribution is -2.37. The molecule has 5 heteroatoms. The Kier molecular flexibility index (Phi) is 6.54. The minimum absolute atomic E-state index is 0.0338. The van der Waals surface area contributed by atoms with Crippen molar-refractivity contribution in [2.45, 2.75) is 58.7 Å². The number of hydrogen-bond acceptors (Lipinski definition) is 5. The summed E-state index contributed by atoms with van der Waals surface area (Å²) in [7, 11) is 0. The molecule has 0 aromatic heterocycles. The minimum Gasteiger partial charge on any atom is -0.491 e. The number of carbonyl (C=O) groups is 2. The molecule has 1 aliphatic heterocycles. The van der Waals surface area contributed by atoms with E-state index in [0.717, 1.165) is 29.7 Å². The number of hydrogen-bond donors (Lipinski definition) is 0. The average molecular weight is 432 g/mol. The summed E-state index contributed by atoms with van der Waals surface area (Å²) in [5.74, 6) is -0.754. The van der Waals surface area contributed by atoms with Gasteiger partial charge in [-0.15, -0.1) is 0 Å². The maximum absolute atomic E-state index is 13.4. The lowest BCUT2D eigenvalue weighted by molar-refractivity contribution is -0.148. The number of nitrogens with zero attached hydrogens (tertiary/aromatic N) is 1. The van der Waals surface area contributed by atoms with Gasteiger partial charge in [0.1, 0.15) is 18.3 Å². The molecule has 1 aliphatic carbocycles. The zero-order valence-electron chi connectivity index (χ0n) is 18.8. The van der Waals surface area contributed by atoms with Crippen LogP contribution in [-0.4, -0.2) is 23.6 Å². The summed E-state index contributed by atoms with van der Waals surface area (Å²) in [4.78, 5) is 31.2. The Balaban J connectivity index is 1.75. The first-order chi connectivity index (χ1) is 15.5. The third kappa shape index (κ3) is 4.52. The van der Waals surface area contributed by atoms with Gasteiger partial charge in [0.05, 0.1) is 6.10 Å². The van der Waals surface area contributed by atoms with Gasteiger partial charge in [-0.1, -0.05) is 48.5 Å². The van der Waals surface area contributed by atoms with Gasteiger partial charge < -0.3 is 9.47 Å². The number of benzene rings is 2. The second kappa shape index (κ2) is 9.51. The normalized spacial score (nSPS) is 20.6. The summed E-state index contributed by atoms with van der Waals surface area (Å²) in [5, 5.41) is 0. The summed E-state index contributed by atoms with van der Waals surface area (Å²) >= 11 is 0. The van der Waals surface area contributed by atoms with Gasteiger partial charge in [0, 0.05) is 34.9 Å². The van der Waals surface area contributed by atoms with E-state index in [9.17, 15) is 9.59 Å². The highest BCUT2D eigenvalue weighted by Gasteiger charge is 2.44. The smallest absolute Gasteiger partial charge is 0.315 e. The average Bonchev–Trinajstić information content (AvgIpc) is 2.77. The topological polar surface area (TPSA) is 65.0 Å². The van der Waals surface area contributed by atoms with E-state index in [1.54, 1.807) is 0 Å². The first-order valence-electron chi connectivity index (χ1n) is 11.2. The number of ether oxygens (including phenoxy) is 2. The molecule has 166 valence electrons. The van der Waals surface area contributed by atoms with E-state index in [1.165, 1.54) is 0 Å². The van der Waals surface area contributed by atoms with Crippen LogP contribution in [0.3, 0.4) is 0 Å². The highest BCUT2D eigenvalue weighted by atomic mass is 16.5. The van der Waals surface area contributed by atoms with Crippen molar-refractivity contribution in [2.24, 2.45) is 10.9 Å². The second-order valence-corrected chi connectivity index (χ2v) is 8.64. The van der Waals surface area contributed by atoms with Crippen LogP contribution in [0, 0.1) is 5.92 Å². The Morgan fingerprint density at radius 1 is 1.06 bits per heavy atom. The number of carbonyl (C=O) groups excluding carboxylic acids is 2. The fraction of sp³-hybridized carbons (Fsp3) is 0.370. The van der Waals surface area contributed by atoms with Crippen LogP contribution in [0.25, 0.3) is 0 Å². The number of aliphatic imine (C=N–C) groups is 1. The Morgan fingerprint density at radius 2 is 1.78 bits per heavy atom. The first kappa shape index (κ1) is 22.0. The van der Waals surface area contributed by atoms with Crippen LogP contribution in [-0.2, 0) is 20.9 Å². The third-order valence-electron chi connectivity index (χ3n) is 5.93. The van der Waals surface area contributed by atoms with Crippen LogP contribution in [0.5, 0.6) is 5.75 Å². The van der Waals surface area contributed by atoms with Crippen LogP contribution >= 0.6 is 0 Å². The van der Waals surface area contributed by atoms with E-state index in [4.69, 9.17) is 14.5 Å². The Hall–Kier alpha value is -3.21. The van der Waals surface area contributed by atoms with E-state index in [-0.39, 0.29) is 24.5 Å². The zero-order valence-corrected chi connectivity index (χ0v) is 18.8. The molecule has 5 nitrogen and oxygen atoms in total. The fourth-order valence-electron chi connectivity index (χ4n) is 4.56. The Labute approximate surface area is 189 Å². The number of para-hydroxylation sites is 1. The van der Waals surface area contributed by atoms with Gasteiger partial charge in [-0.25, -0.2) is 0 Å². The third-order valence-corrected chi connectivity index (χ3v) is 5.93. The van der Waals surface area contributed by atoms with Gasteiger partial charge in [0.25, 0.3) is 0 Å². The van der Waals surface area contributed by atoms with Gasteiger partial charge in [0.15, 0.2) is 5.78 Å². The largest absolute Gasteiger partial charge is 0.491 e. The van der Waals surface area contributed by atoms with Crippen molar-refractivity contribution in [2.75, 3.05) is 0 Å². The molecule has 2 aromatic rings. The highest BCUT2D eigenvalue weighted by Crippen LogP contribution is 2.46. The minimum atomic E-state index is -0.670. The first-order valence-corrected chi connectivity index (χ1v) is 11.2. The van der Waals surface area contributed by atoms with Gasteiger partial charge in [-0.2, -0.15) is 0 Å². The molecule has 0 bridgehead atoms. The van der Waals surface area contributed by atoms with Gasteiger partial charge in [-0.05, 0) is 45.2 Å². The molecule has 1 heterocycles. The number of ketones is 1. The van der Waals surface area contributed by atoms with Crippen LogP contribution in [0.4, 0.5) is 0 Å². The molecule has 4 rings (SSSR count). The number of esters is 1. The maximum Gasteiger partial charge on any atom is 0.315 e. The van der Waals surface area contributed by atoms with Gasteiger partial charge in [0.2, 0.25) is 0 Å². The molecule has 0 spiro atoms. The van der Waals surface area contributed by atoms with Crippen LogP contribution in [0.15, 0.2) is 70.9 Å². The molecule has 2 aromatic carbocycles. The lowest BCUT2D eigenvalue weighted by Gasteiger charge is -2.35. The quantitative estimate of drug-likeness (QED) is 0.575. The zero-order chi connectivity index (χ0) is 22.7. The second-order valence-electron chi connectivity index (χ2n) is 8.64. The van der Waals surface area contributed by atoms with Crippen LogP contribution < -0.4 is 4.74 Å². The van der Waals surface area contributed by atoms with E-state index in [1.807, 2.05) is 75.4 Å². The van der Waals surface area contributed by atoms with E-state index in [0.29, 0.717) is 23.5 Å². The van der Waals surface area contributed by atoms with Crippen molar-refractivity contribution >= 4 is 17.5 Å². The standard InChI is InChI=1S/C27H29NO4/c1-17(2)32-23-15-8-7-12-20(23)25-24(27(30)31-16-19-10-5-4-6-11-19)18(3)28-21-13-9-14-22(29)26(21)25/h4-8,10-12,15,17,24-25H,9,13-14,16H2,1-3H3/t24?,25-/m0/s1. The van der Waals surface area contributed by atoms with E-state index >= 15 is 0 Å². The van der Waals surface area contributed by atoms with E-state index in [2.05, 4.69) is 0 Å². The lowest BCUT2D eigenvalue weighted by atomic mass is 9.71. The predicted molar refractivity (Wildman–Crippen MR) is 124 cm³/mol. The van der Waals surface area contributed by atoms with Crippen molar-refractivity contribution in [1.29, 1.82) is 0 Å². The summed E-state index contributed by atoms with van der Waals surface area (Å²) in [5.41, 5.74) is 3.87. The van der Waals surface area contributed by atoms with Crippen molar-refractivity contribution in [1.82, 2.24) is 0 Å². The SMILES string of the molecule is CC1=NC2=C(C(=O)CCC2)[C@@H](c2ccccc2OC(C)C)C1C(=O)OCc1ccccc1. The number of Topliss-reactive ketones (excluding diaryl/α,β-unsaturated/α-hetero) is 1. The fourth-order valence-corrected chi connectivity index (χ4v) is 4.56. The molecule has 0 saturated heterocycles. The summed E-state index contributed by atoms with van der Waals surface area (Å²) in [6.45, 7) is 5.97. The predicted octanol–water partition coefficient (Wildman–Crippen LogP) is 5.40. The molecule has 32 heavy (non-hydrogen) atoms. The highest BCUT2D eigenvalue weighted by molar-refractivity contribution is 6.09.